The van der Waals surface area contributed by atoms with Crippen LogP contribution in [0.5, 0.6) is 0 Å². The maximum absolute atomic E-state index is 11.2. The van der Waals surface area contributed by atoms with E-state index in [0.29, 0.717) is 5.13 Å². The lowest BCUT2D eigenvalue weighted by Gasteiger charge is -2.41. The molecule has 2 aromatic rings. The van der Waals surface area contributed by atoms with Gasteiger partial charge in [-0.2, -0.15) is 0 Å². The first-order chi connectivity index (χ1) is 13.8. The molecule has 2 fully saturated rings. The van der Waals surface area contributed by atoms with E-state index in [-0.39, 0.29) is 17.5 Å². The van der Waals surface area contributed by atoms with Crippen LogP contribution < -0.4 is 15.5 Å². The van der Waals surface area contributed by atoms with Gasteiger partial charge >= 0.3 is 0 Å². The van der Waals surface area contributed by atoms with Gasteiger partial charge in [0.15, 0.2) is 11.5 Å². The monoisotopic (exact) mass is 416 g/mol. The molecular weight excluding hydrogens is 388 g/mol. The van der Waals surface area contributed by atoms with Gasteiger partial charge in [0.2, 0.25) is 5.91 Å². The number of rotatable bonds is 4. The summed E-state index contributed by atoms with van der Waals surface area (Å²) in [5.74, 6) is -0.0994. The highest BCUT2D eigenvalue weighted by Crippen LogP contribution is 2.36. The molecule has 0 radical (unpaired) electrons. The molecule has 4 rings (SSSR count). The van der Waals surface area contributed by atoms with Gasteiger partial charge in [-0.1, -0.05) is 0 Å². The number of aryl methyl sites for hydroxylation is 1. The molecule has 2 atom stereocenters. The summed E-state index contributed by atoms with van der Waals surface area (Å²) in [6.45, 7) is 8.29. The van der Waals surface area contributed by atoms with E-state index in [4.69, 9.17) is 0 Å². The number of aromatic nitrogens is 2. The largest absolute Gasteiger partial charge is 0.361 e. The SMILES string of the molecule is CC(=O)Nc1ncc([C@H](C)N2CCC3(CC2)CN(c2ccc(C)nc2)C(O)N3)s1. The van der Waals surface area contributed by atoms with Crippen LogP contribution in [0, 0.1) is 6.92 Å². The molecule has 2 aromatic heterocycles. The topological polar surface area (TPSA) is 93.6 Å². The molecule has 29 heavy (non-hydrogen) atoms. The zero-order valence-corrected chi connectivity index (χ0v) is 17.9. The first-order valence-electron chi connectivity index (χ1n) is 9.98. The fraction of sp³-hybridized carbons (Fsp3) is 0.550. The normalized spacial score (nSPS) is 22.8. The zero-order valence-electron chi connectivity index (χ0n) is 17.1. The van der Waals surface area contributed by atoms with Crippen molar-refractivity contribution in [3.63, 3.8) is 0 Å². The Morgan fingerprint density at radius 3 is 2.76 bits per heavy atom. The van der Waals surface area contributed by atoms with Gasteiger partial charge in [-0.3, -0.25) is 20.0 Å². The number of carbonyl (C=O) groups excluding carboxylic acids is 1. The Balaban J connectivity index is 1.38. The number of nitrogens with one attached hydrogen (secondary N) is 2. The van der Waals surface area contributed by atoms with Crippen LogP contribution in [-0.4, -0.2) is 57.4 Å². The van der Waals surface area contributed by atoms with Crippen LogP contribution in [0.25, 0.3) is 0 Å². The van der Waals surface area contributed by atoms with Gasteiger partial charge in [0.25, 0.3) is 0 Å². The van der Waals surface area contributed by atoms with E-state index in [2.05, 4.69) is 32.4 Å². The molecule has 0 aliphatic carbocycles. The van der Waals surface area contributed by atoms with E-state index < -0.39 is 6.35 Å². The molecule has 3 N–H and O–H groups in total. The smallest absolute Gasteiger partial charge is 0.223 e. The van der Waals surface area contributed by atoms with Gasteiger partial charge in [-0.25, -0.2) is 4.98 Å². The van der Waals surface area contributed by atoms with E-state index >= 15 is 0 Å². The minimum Gasteiger partial charge on any atom is -0.361 e. The number of amides is 1. The average molecular weight is 417 g/mol. The molecule has 2 saturated heterocycles. The number of anilines is 2. The van der Waals surface area contributed by atoms with Crippen LogP contribution >= 0.6 is 11.3 Å². The van der Waals surface area contributed by atoms with Gasteiger partial charge in [0.05, 0.1) is 11.9 Å². The fourth-order valence-electron chi connectivity index (χ4n) is 4.18. The molecule has 156 valence electrons. The van der Waals surface area contributed by atoms with Gasteiger partial charge in [0, 0.05) is 54.9 Å². The van der Waals surface area contributed by atoms with Crippen molar-refractivity contribution < 1.29 is 9.90 Å². The van der Waals surface area contributed by atoms with Crippen LogP contribution in [0.15, 0.2) is 24.5 Å². The third kappa shape index (κ3) is 4.28. The Morgan fingerprint density at radius 2 is 2.10 bits per heavy atom. The molecule has 2 aliphatic heterocycles. The number of thiazole rings is 1. The average Bonchev–Trinajstić information content (AvgIpc) is 3.27. The van der Waals surface area contributed by atoms with Crippen molar-refractivity contribution in [2.24, 2.45) is 0 Å². The van der Waals surface area contributed by atoms with Crippen molar-refractivity contribution in [1.29, 1.82) is 0 Å². The number of nitrogens with zero attached hydrogens (tertiary/aromatic N) is 4. The first kappa shape index (κ1) is 20.2. The summed E-state index contributed by atoms with van der Waals surface area (Å²) in [5.41, 5.74) is 1.82. The molecular formula is C20H28N6O2S. The lowest BCUT2D eigenvalue weighted by atomic mass is 9.87. The predicted molar refractivity (Wildman–Crippen MR) is 114 cm³/mol. The van der Waals surface area contributed by atoms with Crippen molar-refractivity contribution in [3.8, 4) is 0 Å². The molecule has 4 heterocycles. The molecule has 1 amide bonds. The third-order valence-electron chi connectivity index (χ3n) is 5.95. The van der Waals surface area contributed by atoms with Gasteiger partial charge in [-0.05, 0) is 38.8 Å². The molecule has 0 aromatic carbocycles. The number of hydrogen-bond acceptors (Lipinski definition) is 8. The van der Waals surface area contributed by atoms with Gasteiger partial charge < -0.3 is 15.3 Å². The summed E-state index contributed by atoms with van der Waals surface area (Å²) in [6.07, 6.45) is 4.91. The quantitative estimate of drug-likeness (QED) is 0.703. The number of piperidine rings is 1. The Bertz CT molecular complexity index is 862. The first-order valence-corrected chi connectivity index (χ1v) is 10.8. The fourth-order valence-corrected chi connectivity index (χ4v) is 5.13. The number of aliphatic hydroxyl groups excluding tert-OH is 1. The van der Waals surface area contributed by atoms with E-state index in [9.17, 15) is 9.90 Å². The van der Waals surface area contributed by atoms with E-state index in [1.165, 1.54) is 18.3 Å². The number of hydrogen-bond donors (Lipinski definition) is 3. The summed E-state index contributed by atoms with van der Waals surface area (Å²) < 4.78 is 0. The molecule has 9 heteroatoms. The predicted octanol–water partition coefficient (Wildman–Crippen LogP) is 2.09. The van der Waals surface area contributed by atoms with E-state index in [1.807, 2.05) is 36.4 Å². The Kier molecular flexibility index (Phi) is 5.56. The Labute approximate surface area is 175 Å². The van der Waals surface area contributed by atoms with Crippen molar-refractivity contribution in [1.82, 2.24) is 20.2 Å². The summed E-state index contributed by atoms with van der Waals surface area (Å²) in [7, 11) is 0. The minimum atomic E-state index is -0.690. The van der Waals surface area contributed by atoms with Crippen LogP contribution in [0.3, 0.4) is 0 Å². The maximum atomic E-state index is 11.2. The second-order valence-corrected chi connectivity index (χ2v) is 9.11. The Morgan fingerprint density at radius 1 is 1.34 bits per heavy atom. The van der Waals surface area contributed by atoms with Crippen molar-refractivity contribution in [3.05, 3.63) is 35.1 Å². The van der Waals surface area contributed by atoms with Crippen LogP contribution in [0.4, 0.5) is 10.8 Å². The van der Waals surface area contributed by atoms with E-state index in [0.717, 1.165) is 48.7 Å². The number of carbonyl (C=O) groups is 1. The zero-order chi connectivity index (χ0) is 20.6. The summed E-state index contributed by atoms with van der Waals surface area (Å²) in [5, 5.41) is 17.4. The molecule has 1 spiro atoms. The highest BCUT2D eigenvalue weighted by atomic mass is 32.1. The lowest BCUT2D eigenvalue weighted by Crippen LogP contribution is -2.53. The van der Waals surface area contributed by atoms with Crippen molar-refractivity contribution in [2.75, 3.05) is 29.9 Å². The lowest BCUT2D eigenvalue weighted by molar-refractivity contribution is -0.114. The van der Waals surface area contributed by atoms with Crippen LogP contribution in [0.2, 0.25) is 0 Å². The molecule has 0 bridgehead atoms. The van der Waals surface area contributed by atoms with Crippen molar-refractivity contribution in [2.45, 2.75) is 51.5 Å². The third-order valence-corrected chi connectivity index (χ3v) is 7.04. The molecule has 2 aliphatic rings. The maximum Gasteiger partial charge on any atom is 0.223 e. The van der Waals surface area contributed by atoms with Crippen molar-refractivity contribution >= 4 is 28.1 Å². The molecule has 1 unspecified atom stereocenters. The summed E-state index contributed by atoms with van der Waals surface area (Å²) in [6, 6.07) is 4.23. The second kappa shape index (κ2) is 7.98. The second-order valence-electron chi connectivity index (χ2n) is 8.04. The van der Waals surface area contributed by atoms with E-state index in [1.54, 1.807) is 0 Å². The van der Waals surface area contributed by atoms with Crippen LogP contribution in [-0.2, 0) is 4.79 Å². The number of pyridine rings is 1. The minimum absolute atomic E-state index is 0.0877. The summed E-state index contributed by atoms with van der Waals surface area (Å²) in [4.78, 5) is 25.5. The van der Waals surface area contributed by atoms with Gasteiger partial charge in [0.1, 0.15) is 0 Å². The molecule has 0 saturated carbocycles. The van der Waals surface area contributed by atoms with Gasteiger partial charge in [-0.15, -0.1) is 11.3 Å². The molecule has 8 nitrogen and oxygen atoms in total. The number of likely N-dealkylation sites (tertiary alicyclic amines) is 1. The highest BCUT2D eigenvalue weighted by molar-refractivity contribution is 7.15. The summed E-state index contributed by atoms with van der Waals surface area (Å²) >= 11 is 1.53. The van der Waals surface area contributed by atoms with Crippen LogP contribution in [0.1, 0.15) is 43.3 Å². The Hall–Kier alpha value is -2.07. The number of aliphatic hydroxyl groups is 1. The highest BCUT2D eigenvalue weighted by Gasteiger charge is 2.45. The standard InChI is InChI=1S/C20H28N6O2S/c1-13-4-5-16(10-21-13)26-12-20(24-19(26)28)6-8-25(9-7-20)14(2)17-11-22-18(29-17)23-15(3)27/h4-5,10-11,14,19,24,28H,6-9,12H2,1-3H3,(H,22,23,27)/t14-,19?/m0/s1.